The molecule has 3 nitrogen and oxygen atoms in total. The Morgan fingerprint density at radius 2 is 2.20 bits per heavy atom. The molecule has 0 aliphatic heterocycles. The molecule has 0 spiro atoms. The second-order valence-electron chi connectivity index (χ2n) is 4.52. The maximum atomic E-state index is 6.33. The van der Waals surface area contributed by atoms with Crippen molar-refractivity contribution in [2.45, 2.75) is 48.4 Å². The smallest absolute Gasteiger partial charge is 0.174 e. The molecular formula is C14H18ClN3S2. The lowest BCUT2D eigenvalue weighted by molar-refractivity contribution is 0.641. The quantitative estimate of drug-likeness (QED) is 0.864. The Hall–Kier alpha value is -0.620. The zero-order valence-corrected chi connectivity index (χ0v) is 14.0. The maximum Gasteiger partial charge on any atom is 0.174 e. The van der Waals surface area contributed by atoms with Crippen molar-refractivity contribution in [3.05, 3.63) is 34.6 Å². The van der Waals surface area contributed by atoms with Gasteiger partial charge in [0.2, 0.25) is 0 Å². The number of aromatic nitrogens is 2. The highest BCUT2D eigenvalue weighted by atomic mass is 35.5. The Morgan fingerprint density at radius 3 is 2.85 bits per heavy atom. The van der Waals surface area contributed by atoms with Crippen LogP contribution < -0.4 is 5.73 Å². The average Bonchev–Trinajstić information content (AvgIpc) is 2.90. The molecule has 1 aromatic carbocycles. The zero-order valence-electron chi connectivity index (χ0n) is 11.6. The van der Waals surface area contributed by atoms with Gasteiger partial charge in [0.15, 0.2) is 4.34 Å². The van der Waals surface area contributed by atoms with Crippen LogP contribution in [-0.4, -0.2) is 15.4 Å². The lowest BCUT2D eigenvalue weighted by atomic mass is 10.0. The van der Waals surface area contributed by atoms with Crippen molar-refractivity contribution in [1.82, 2.24) is 9.36 Å². The number of hydrogen-bond acceptors (Lipinski definition) is 5. The third-order valence-corrected chi connectivity index (χ3v) is 5.28. The van der Waals surface area contributed by atoms with Crippen molar-refractivity contribution in [3.63, 3.8) is 0 Å². The fourth-order valence-electron chi connectivity index (χ4n) is 1.76. The number of rotatable bonds is 6. The van der Waals surface area contributed by atoms with Crippen LogP contribution in [0, 0.1) is 0 Å². The monoisotopic (exact) mass is 327 g/mol. The molecule has 6 heteroatoms. The number of aryl methyl sites for hydroxylation is 1. The minimum atomic E-state index is 0.134. The van der Waals surface area contributed by atoms with Gasteiger partial charge in [0.25, 0.3) is 0 Å². The predicted molar refractivity (Wildman–Crippen MR) is 86.8 cm³/mol. The van der Waals surface area contributed by atoms with Gasteiger partial charge in [-0.2, -0.15) is 4.37 Å². The van der Waals surface area contributed by atoms with Crippen molar-refractivity contribution < 1.29 is 0 Å². The SMILES string of the molecule is CCc1nsc(Sc2cccc(Cl)c2CC(N)CC)n1. The topological polar surface area (TPSA) is 51.8 Å². The molecule has 0 fully saturated rings. The van der Waals surface area contributed by atoms with Crippen LogP contribution in [0.3, 0.4) is 0 Å². The molecule has 1 aromatic heterocycles. The zero-order chi connectivity index (χ0) is 14.5. The van der Waals surface area contributed by atoms with E-state index >= 15 is 0 Å². The summed E-state index contributed by atoms with van der Waals surface area (Å²) in [7, 11) is 0. The van der Waals surface area contributed by atoms with E-state index in [9.17, 15) is 0 Å². The summed E-state index contributed by atoms with van der Waals surface area (Å²) in [5, 5.41) is 0.777. The predicted octanol–water partition coefficient (Wildman–Crippen LogP) is 4.18. The maximum absolute atomic E-state index is 6.33. The molecule has 0 amide bonds. The third-order valence-electron chi connectivity index (χ3n) is 3.03. The van der Waals surface area contributed by atoms with E-state index in [4.69, 9.17) is 17.3 Å². The van der Waals surface area contributed by atoms with Crippen LogP contribution in [0.25, 0.3) is 0 Å². The van der Waals surface area contributed by atoms with Gasteiger partial charge < -0.3 is 5.73 Å². The average molecular weight is 328 g/mol. The summed E-state index contributed by atoms with van der Waals surface area (Å²) in [6.07, 6.45) is 2.59. The van der Waals surface area contributed by atoms with E-state index in [-0.39, 0.29) is 6.04 Å². The van der Waals surface area contributed by atoms with E-state index < -0.39 is 0 Å². The molecule has 0 aliphatic carbocycles. The van der Waals surface area contributed by atoms with Gasteiger partial charge in [-0.3, -0.25) is 0 Å². The minimum Gasteiger partial charge on any atom is -0.327 e. The number of nitrogens with two attached hydrogens (primary N) is 1. The van der Waals surface area contributed by atoms with Crippen LogP contribution in [0.15, 0.2) is 27.4 Å². The summed E-state index contributed by atoms with van der Waals surface area (Å²) in [5.74, 6) is 0.895. The first-order valence-electron chi connectivity index (χ1n) is 6.67. The lowest BCUT2D eigenvalue weighted by Crippen LogP contribution is -2.21. The standard InChI is InChI=1S/C14H18ClN3S2/c1-3-9(16)8-10-11(15)6-5-7-12(10)19-14-17-13(4-2)18-20-14/h5-7,9H,3-4,8,16H2,1-2H3. The Kier molecular flexibility index (Phi) is 5.84. The summed E-state index contributed by atoms with van der Waals surface area (Å²) >= 11 is 9.39. The Labute approximate surface area is 133 Å². The van der Waals surface area contributed by atoms with Gasteiger partial charge in [-0.15, -0.1) is 0 Å². The van der Waals surface area contributed by atoms with Gasteiger partial charge in [-0.05, 0) is 42.1 Å². The van der Waals surface area contributed by atoms with E-state index in [2.05, 4.69) is 29.3 Å². The molecule has 1 unspecified atom stereocenters. The van der Waals surface area contributed by atoms with Crippen LogP contribution in [0.2, 0.25) is 5.02 Å². The summed E-state index contributed by atoms with van der Waals surface area (Å²) < 4.78 is 5.27. The molecule has 0 saturated heterocycles. The molecule has 108 valence electrons. The highest BCUT2D eigenvalue weighted by Crippen LogP contribution is 2.35. The number of nitrogens with zero attached hydrogens (tertiary/aromatic N) is 2. The second kappa shape index (κ2) is 7.41. The number of halogens is 1. The van der Waals surface area contributed by atoms with E-state index in [1.807, 2.05) is 12.1 Å². The lowest BCUT2D eigenvalue weighted by Gasteiger charge is -2.13. The van der Waals surface area contributed by atoms with Gasteiger partial charge >= 0.3 is 0 Å². The minimum absolute atomic E-state index is 0.134. The summed E-state index contributed by atoms with van der Waals surface area (Å²) in [4.78, 5) is 5.62. The molecular weight excluding hydrogens is 310 g/mol. The van der Waals surface area contributed by atoms with E-state index in [1.54, 1.807) is 11.8 Å². The van der Waals surface area contributed by atoms with Crippen LogP contribution in [-0.2, 0) is 12.8 Å². The van der Waals surface area contributed by atoms with E-state index in [0.717, 1.165) is 44.9 Å². The van der Waals surface area contributed by atoms with E-state index in [0.29, 0.717) is 0 Å². The molecule has 2 rings (SSSR count). The molecule has 2 N–H and O–H groups in total. The second-order valence-corrected chi connectivity index (χ2v) is 6.97. The van der Waals surface area contributed by atoms with Crippen molar-refractivity contribution in [3.8, 4) is 0 Å². The molecule has 20 heavy (non-hydrogen) atoms. The number of hydrogen-bond donors (Lipinski definition) is 1. The molecule has 0 radical (unpaired) electrons. The van der Waals surface area contributed by atoms with Gasteiger partial charge in [-0.25, -0.2) is 4.98 Å². The fourth-order valence-corrected chi connectivity index (χ4v) is 3.90. The fraction of sp³-hybridized carbons (Fsp3) is 0.429. The van der Waals surface area contributed by atoms with Crippen LogP contribution in [0.5, 0.6) is 0 Å². The molecule has 1 heterocycles. The molecule has 0 aliphatic rings. The molecule has 1 atom stereocenters. The Morgan fingerprint density at radius 1 is 1.40 bits per heavy atom. The Balaban J connectivity index is 2.24. The largest absolute Gasteiger partial charge is 0.327 e. The molecule has 0 bridgehead atoms. The highest BCUT2D eigenvalue weighted by Gasteiger charge is 2.13. The molecule has 2 aromatic rings. The van der Waals surface area contributed by atoms with Crippen LogP contribution >= 0.6 is 34.9 Å². The van der Waals surface area contributed by atoms with Crippen LogP contribution in [0.4, 0.5) is 0 Å². The Bertz CT molecular complexity index is 571. The van der Waals surface area contributed by atoms with Gasteiger partial charge in [-0.1, -0.05) is 43.3 Å². The van der Waals surface area contributed by atoms with Crippen molar-refractivity contribution >= 4 is 34.9 Å². The van der Waals surface area contributed by atoms with E-state index in [1.165, 1.54) is 11.5 Å². The van der Waals surface area contributed by atoms with Crippen molar-refractivity contribution in [2.75, 3.05) is 0 Å². The first-order chi connectivity index (χ1) is 9.63. The molecule has 0 saturated carbocycles. The summed E-state index contributed by atoms with van der Waals surface area (Å²) in [5.41, 5.74) is 7.18. The summed E-state index contributed by atoms with van der Waals surface area (Å²) in [6, 6.07) is 6.09. The van der Waals surface area contributed by atoms with Crippen molar-refractivity contribution in [1.29, 1.82) is 0 Å². The first-order valence-corrected chi connectivity index (χ1v) is 8.64. The third kappa shape index (κ3) is 3.95. The highest BCUT2D eigenvalue weighted by molar-refractivity contribution is 8.01. The number of benzene rings is 1. The van der Waals surface area contributed by atoms with Gasteiger partial charge in [0, 0.05) is 22.4 Å². The van der Waals surface area contributed by atoms with Crippen LogP contribution in [0.1, 0.15) is 31.7 Å². The van der Waals surface area contributed by atoms with Gasteiger partial charge in [0.1, 0.15) is 5.82 Å². The normalized spacial score (nSPS) is 12.6. The van der Waals surface area contributed by atoms with Gasteiger partial charge in [0.05, 0.1) is 0 Å². The van der Waals surface area contributed by atoms with Crippen molar-refractivity contribution in [2.24, 2.45) is 5.73 Å². The summed E-state index contributed by atoms with van der Waals surface area (Å²) in [6.45, 7) is 4.15. The first kappa shape index (κ1) is 15.8.